The van der Waals surface area contributed by atoms with Gasteiger partial charge in [0.2, 0.25) is 0 Å². The molecule has 1 atom stereocenters. The van der Waals surface area contributed by atoms with Crippen LogP contribution in [0.5, 0.6) is 0 Å². The predicted molar refractivity (Wildman–Crippen MR) is 115 cm³/mol. The molecular formula is C23H47NO3. The van der Waals surface area contributed by atoms with Gasteiger partial charge in [-0.2, -0.15) is 0 Å². The van der Waals surface area contributed by atoms with Gasteiger partial charge in [-0.05, 0) is 44.4 Å². The smallest absolute Gasteiger partial charge is 0.141 e. The van der Waals surface area contributed by atoms with Crippen LogP contribution in [0.15, 0.2) is 0 Å². The molecule has 2 N–H and O–H groups in total. The molecular weight excluding hydrogens is 338 g/mol. The summed E-state index contributed by atoms with van der Waals surface area (Å²) in [4.78, 5) is 12.6. The van der Waals surface area contributed by atoms with Crippen LogP contribution in [0.3, 0.4) is 0 Å². The minimum Gasteiger partial charge on any atom is -0.377 e. The van der Waals surface area contributed by atoms with Crippen molar-refractivity contribution in [1.82, 2.24) is 0 Å². The second-order valence-corrected chi connectivity index (χ2v) is 10.9. The molecule has 0 spiro atoms. The Labute approximate surface area is 168 Å². The van der Waals surface area contributed by atoms with Crippen LogP contribution in [-0.4, -0.2) is 37.2 Å². The highest BCUT2D eigenvalue weighted by Crippen LogP contribution is 2.44. The fourth-order valence-corrected chi connectivity index (χ4v) is 3.62. The van der Waals surface area contributed by atoms with Crippen molar-refractivity contribution < 1.29 is 14.3 Å². The Balaban J connectivity index is 4.91. The molecule has 0 aliphatic heterocycles. The van der Waals surface area contributed by atoms with E-state index in [1.54, 1.807) is 0 Å². The zero-order chi connectivity index (χ0) is 21.7. The molecule has 0 bridgehead atoms. The number of ether oxygens (including phenoxy) is 2. The fourth-order valence-electron chi connectivity index (χ4n) is 3.62. The standard InChI is InChI=1S/C23H47NO3/c1-17(2)19(25)21(6,7)16-22(8,9)23(10,11)27-14-12-20(4,5)18(3)26-15-13-24/h17-18H,12-16,24H2,1-11H3. The summed E-state index contributed by atoms with van der Waals surface area (Å²) in [5.41, 5.74) is 4.73. The van der Waals surface area contributed by atoms with Gasteiger partial charge in [-0.25, -0.2) is 0 Å². The molecule has 0 aromatic rings. The van der Waals surface area contributed by atoms with E-state index in [0.29, 0.717) is 25.5 Å². The van der Waals surface area contributed by atoms with Crippen molar-refractivity contribution in [2.75, 3.05) is 19.8 Å². The van der Waals surface area contributed by atoms with E-state index in [4.69, 9.17) is 15.2 Å². The molecule has 1 unspecified atom stereocenters. The molecule has 0 aromatic heterocycles. The highest BCUT2D eigenvalue weighted by molar-refractivity contribution is 5.85. The van der Waals surface area contributed by atoms with Crippen LogP contribution in [0, 0.1) is 22.2 Å². The molecule has 27 heavy (non-hydrogen) atoms. The number of hydrogen-bond acceptors (Lipinski definition) is 4. The average molecular weight is 386 g/mol. The lowest BCUT2D eigenvalue weighted by Crippen LogP contribution is -2.47. The Morgan fingerprint density at radius 1 is 0.926 bits per heavy atom. The number of nitrogens with two attached hydrogens (primary N) is 1. The predicted octanol–water partition coefficient (Wildman–Crippen LogP) is 5.23. The van der Waals surface area contributed by atoms with Crippen molar-refractivity contribution in [3.8, 4) is 0 Å². The maximum atomic E-state index is 12.6. The van der Waals surface area contributed by atoms with Crippen LogP contribution in [0.2, 0.25) is 0 Å². The van der Waals surface area contributed by atoms with E-state index >= 15 is 0 Å². The molecule has 0 aromatic carbocycles. The molecule has 0 fully saturated rings. The first kappa shape index (κ1) is 26.6. The highest BCUT2D eigenvalue weighted by atomic mass is 16.5. The first-order valence-corrected chi connectivity index (χ1v) is 10.5. The van der Waals surface area contributed by atoms with Crippen LogP contribution < -0.4 is 5.73 Å². The third-order valence-electron chi connectivity index (χ3n) is 6.50. The number of rotatable bonds is 13. The van der Waals surface area contributed by atoms with Gasteiger partial charge in [-0.1, -0.05) is 55.4 Å². The summed E-state index contributed by atoms with van der Waals surface area (Å²) in [5, 5.41) is 0. The van der Waals surface area contributed by atoms with E-state index in [1.165, 1.54) is 0 Å². The quantitative estimate of drug-likeness (QED) is 0.471. The van der Waals surface area contributed by atoms with Crippen molar-refractivity contribution >= 4 is 5.78 Å². The third kappa shape index (κ3) is 7.83. The molecule has 0 aliphatic carbocycles. The molecule has 0 rings (SSSR count). The van der Waals surface area contributed by atoms with Gasteiger partial charge in [0.15, 0.2) is 0 Å². The molecule has 0 saturated carbocycles. The number of hydrogen-bond donors (Lipinski definition) is 1. The summed E-state index contributed by atoms with van der Waals surface area (Å²) in [5.74, 6) is 0.369. The number of Topliss-reactive ketones (excluding diaryl/α,β-unsaturated/α-hetero) is 1. The summed E-state index contributed by atoms with van der Waals surface area (Å²) in [6.45, 7) is 25.1. The summed E-state index contributed by atoms with van der Waals surface area (Å²) in [7, 11) is 0. The van der Waals surface area contributed by atoms with Gasteiger partial charge >= 0.3 is 0 Å². The van der Waals surface area contributed by atoms with Crippen molar-refractivity contribution in [1.29, 1.82) is 0 Å². The lowest BCUT2D eigenvalue weighted by Gasteiger charge is -2.46. The Morgan fingerprint density at radius 3 is 1.89 bits per heavy atom. The molecule has 0 amide bonds. The zero-order valence-electron chi connectivity index (χ0n) is 20.0. The fraction of sp³-hybridized carbons (Fsp3) is 0.957. The second kappa shape index (κ2) is 9.84. The van der Waals surface area contributed by atoms with E-state index in [0.717, 1.165) is 12.8 Å². The Bertz CT molecular complexity index is 464. The Kier molecular flexibility index (Phi) is 9.68. The zero-order valence-corrected chi connectivity index (χ0v) is 20.0. The van der Waals surface area contributed by atoms with Gasteiger partial charge in [-0.3, -0.25) is 4.79 Å². The summed E-state index contributed by atoms with van der Waals surface area (Å²) in [6, 6.07) is 0. The Morgan fingerprint density at radius 2 is 1.44 bits per heavy atom. The highest BCUT2D eigenvalue weighted by Gasteiger charge is 2.44. The summed E-state index contributed by atoms with van der Waals surface area (Å²) >= 11 is 0. The van der Waals surface area contributed by atoms with Crippen LogP contribution in [0.1, 0.15) is 89.0 Å². The lowest BCUT2D eigenvalue weighted by molar-refractivity contribution is -0.142. The van der Waals surface area contributed by atoms with Crippen molar-refractivity contribution in [2.45, 2.75) is 101 Å². The van der Waals surface area contributed by atoms with E-state index in [1.807, 2.05) is 13.8 Å². The average Bonchev–Trinajstić information content (AvgIpc) is 2.49. The molecule has 4 nitrogen and oxygen atoms in total. The van der Waals surface area contributed by atoms with Gasteiger partial charge in [0.1, 0.15) is 5.78 Å². The van der Waals surface area contributed by atoms with Crippen LogP contribution in [-0.2, 0) is 14.3 Å². The number of carbonyl (C=O) groups is 1. The van der Waals surface area contributed by atoms with Crippen molar-refractivity contribution in [3.63, 3.8) is 0 Å². The monoisotopic (exact) mass is 385 g/mol. The van der Waals surface area contributed by atoms with Crippen LogP contribution in [0.4, 0.5) is 0 Å². The van der Waals surface area contributed by atoms with Gasteiger partial charge in [0, 0.05) is 24.5 Å². The molecule has 0 saturated heterocycles. The number of carbonyl (C=O) groups excluding carboxylic acids is 1. The lowest BCUT2D eigenvalue weighted by atomic mass is 9.64. The first-order chi connectivity index (χ1) is 12.0. The van der Waals surface area contributed by atoms with Crippen LogP contribution in [0.25, 0.3) is 0 Å². The largest absolute Gasteiger partial charge is 0.377 e. The Hall–Kier alpha value is -0.450. The molecule has 0 aliphatic rings. The van der Waals surface area contributed by atoms with Gasteiger partial charge < -0.3 is 15.2 Å². The SMILES string of the molecule is CC(C)C(=O)C(C)(C)CC(C)(C)C(C)(C)OCCC(C)(C)C(C)OCCN. The molecule has 0 radical (unpaired) electrons. The van der Waals surface area contributed by atoms with Gasteiger partial charge in [0.25, 0.3) is 0 Å². The topological polar surface area (TPSA) is 61.5 Å². The first-order valence-electron chi connectivity index (χ1n) is 10.5. The summed E-state index contributed by atoms with van der Waals surface area (Å²) in [6.07, 6.45) is 1.83. The van der Waals surface area contributed by atoms with Crippen molar-refractivity contribution in [2.24, 2.45) is 27.9 Å². The normalized spacial score (nSPS) is 15.3. The van der Waals surface area contributed by atoms with E-state index in [-0.39, 0.29) is 33.9 Å². The van der Waals surface area contributed by atoms with Gasteiger partial charge in [-0.15, -0.1) is 0 Å². The number of ketones is 1. The molecule has 4 heteroatoms. The van der Waals surface area contributed by atoms with Gasteiger partial charge in [0.05, 0.1) is 18.3 Å². The minimum absolute atomic E-state index is 0.0161. The maximum absolute atomic E-state index is 12.6. The van der Waals surface area contributed by atoms with Crippen molar-refractivity contribution in [3.05, 3.63) is 0 Å². The maximum Gasteiger partial charge on any atom is 0.141 e. The summed E-state index contributed by atoms with van der Waals surface area (Å²) < 4.78 is 12.2. The van der Waals surface area contributed by atoms with E-state index in [2.05, 4.69) is 62.3 Å². The minimum atomic E-state index is -0.359. The second-order valence-electron chi connectivity index (χ2n) is 10.9. The molecule has 162 valence electrons. The molecule has 0 heterocycles. The van der Waals surface area contributed by atoms with E-state index < -0.39 is 0 Å². The van der Waals surface area contributed by atoms with E-state index in [9.17, 15) is 4.79 Å². The van der Waals surface area contributed by atoms with Crippen LogP contribution >= 0.6 is 0 Å². The third-order valence-corrected chi connectivity index (χ3v) is 6.50.